The lowest BCUT2D eigenvalue weighted by Gasteiger charge is -2.37. The fraction of sp³-hybridized carbons (Fsp3) is 0.0182. The van der Waals surface area contributed by atoms with Gasteiger partial charge in [0.1, 0.15) is 0 Å². The summed E-state index contributed by atoms with van der Waals surface area (Å²) in [5, 5.41) is 5.03. The van der Waals surface area contributed by atoms with Crippen molar-refractivity contribution in [3.05, 3.63) is 253 Å². The molecule has 0 aliphatic carbocycles. The summed E-state index contributed by atoms with van der Waals surface area (Å²) in [5.74, 6) is 0. The van der Waals surface area contributed by atoms with E-state index in [-0.39, 0.29) is 0 Å². The van der Waals surface area contributed by atoms with Crippen LogP contribution in [0.5, 0.6) is 0 Å². The molecular weight excluding hydrogens is 689 g/mol. The van der Waals surface area contributed by atoms with Crippen LogP contribution in [0.2, 0.25) is 0 Å². The summed E-state index contributed by atoms with van der Waals surface area (Å²) in [4.78, 5) is 0. The van der Waals surface area contributed by atoms with E-state index in [9.17, 15) is 0 Å². The molecule has 0 atom stereocenters. The largest absolute Gasteiger partial charge is 0.309 e. The standard InChI is InChI=1S/C55H38N2/c1-4-16-41(17-5-1)55(42-18-6-2-7-19-42,43-20-8-3-9-21-43)44-31-35-46(36-32-44)57-53-27-15-12-24-49(53)50-38-40(30-37-54(50)57)39-28-33-45(34-29-39)56-51-25-13-10-22-47(51)48-23-11-14-26-52(48)56/h1-38H. The first-order valence-electron chi connectivity index (χ1n) is 19.7. The van der Waals surface area contributed by atoms with Crippen LogP contribution in [-0.4, -0.2) is 9.13 Å². The molecule has 0 aliphatic rings. The summed E-state index contributed by atoms with van der Waals surface area (Å²) in [6, 6.07) is 84.1. The highest BCUT2D eigenvalue weighted by atomic mass is 15.0. The molecule has 0 radical (unpaired) electrons. The predicted molar refractivity (Wildman–Crippen MR) is 239 cm³/mol. The number of fused-ring (bicyclic) bond motifs is 6. The number of aromatic nitrogens is 2. The highest BCUT2D eigenvalue weighted by Crippen LogP contribution is 2.46. The van der Waals surface area contributed by atoms with Crippen molar-refractivity contribution in [1.82, 2.24) is 9.13 Å². The van der Waals surface area contributed by atoms with Crippen LogP contribution in [0.25, 0.3) is 66.1 Å². The molecular formula is C55H38N2. The molecule has 2 heterocycles. The van der Waals surface area contributed by atoms with Crippen molar-refractivity contribution in [3.63, 3.8) is 0 Å². The Labute approximate surface area is 332 Å². The van der Waals surface area contributed by atoms with Gasteiger partial charge in [-0.05, 0) is 88.0 Å². The lowest BCUT2D eigenvalue weighted by Crippen LogP contribution is -2.30. The van der Waals surface area contributed by atoms with Gasteiger partial charge >= 0.3 is 0 Å². The second-order valence-electron chi connectivity index (χ2n) is 14.9. The Kier molecular flexibility index (Phi) is 7.75. The molecule has 0 unspecified atom stereocenters. The Bertz CT molecular complexity index is 3040. The molecule has 2 aromatic heterocycles. The minimum absolute atomic E-state index is 0.491. The average molecular weight is 727 g/mol. The van der Waals surface area contributed by atoms with Crippen LogP contribution in [0.1, 0.15) is 22.3 Å². The van der Waals surface area contributed by atoms with Crippen molar-refractivity contribution in [2.24, 2.45) is 0 Å². The zero-order chi connectivity index (χ0) is 37.8. The molecule has 11 aromatic rings. The topological polar surface area (TPSA) is 9.86 Å². The fourth-order valence-electron chi connectivity index (χ4n) is 9.36. The third-order valence-corrected chi connectivity index (χ3v) is 11.9. The van der Waals surface area contributed by atoms with Crippen LogP contribution < -0.4 is 0 Å². The summed E-state index contributed by atoms with van der Waals surface area (Å²) in [5.41, 5.74) is 14.0. The third kappa shape index (κ3) is 5.18. The van der Waals surface area contributed by atoms with E-state index >= 15 is 0 Å². The van der Waals surface area contributed by atoms with Crippen LogP contribution in [-0.2, 0) is 5.41 Å². The van der Waals surface area contributed by atoms with E-state index in [2.05, 4.69) is 240 Å². The van der Waals surface area contributed by atoms with Gasteiger partial charge in [-0.25, -0.2) is 0 Å². The van der Waals surface area contributed by atoms with E-state index in [0.717, 1.165) is 11.4 Å². The van der Waals surface area contributed by atoms with E-state index < -0.39 is 5.41 Å². The molecule has 0 amide bonds. The molecule has 2 heteroatoms. The van der Waals surface area contributed by atoms with Gasteiger partial charge in [0.2, 0.25) is 0 Å². The van der Waals surface area contributed by atoms with Crippen molar-refractivity contribution in [2.45, 2.75) is 5.41 Å². The lowest BCUT2D eigenvalue weighted by atomic mass is 9.65. The third-order valence-electron chi connectivity index (χ3n) is 11.9. The van der Waals surface area contributed by atoms with Gasteiger partial charge in [-0.2, -0.15) is 0 Å². The summed E-state index contributed by atoms with van der Waals surface area (Å²) < 4.78 is 4.79. The van der Waals surface area contributed by atoms with Gasteiger partial charge in [0.05, 0.1) is 27.5 Å². The first-order chi connectivity index (χ1) is 28.3. The molecule has 0 saturated carbocycles. The molecule has 0 aliphatic heterocycles. The molecule has 268 valence electrons. The van der Waals surface area contributed by atoms with Crippen molar-refractivity contribution in [2.75, 3.05) is 0 Å². The maximum atomic E-state index is 2.42. The number of rotatable bonds is 7. The Hall–Kier alpha value is -7.42. The van der Waals surface area contributed by atoms with E-state index in [1.807, 2.05) is 0 Å². The average Bonchev–Trinajstić information content (AvgIpc) is 3.81. The molecule has 0 spiro atoms. The van der Waals surface area contributed by atoms with Gasteiger partial charge < -0.3 is 9.13 Å². The zero-order valence-electron chi connectivity index (χ0n) is 31.3. The molecule has 0 fully saturated rings. The zero-order valence-corrected chi connectivity index (χ0v) is 31.3. The van der Waals surface area contributed by atoms with Crippen molar-refractivity contribution in [1.29, 1.82) is 0 Å². The summed E-state index contributed by atoms with van der Waals surface area (Å²) in [6.07, 6.45) is 0. The molecule has 0 saturated heterocycles. The van der Waals surface area contributed by atoms with E-state index in [1.54, 1.807) is 0 Å². The SMILES string of the molecule is c1ccc(C(c2ccccc2)(c2ccccc2)c2ccc(-n3c4ccccc4c4cc(-c5ccc(-n6c7ccccc7c7ccccc76)cc5)ccc43)cc2)cc1. The monoisotopic (exact) mass is 726 g/mol. The first kappa shape index (κ1) is 33.0. The summed E-state index contributed by atoms with van der Waals surface area (Å²) in [7, 11) is 0. The second-order valence-corrected chi connectivity index (χ2v) is 14.9. The normalized spacial score (nSPS) is 11.9. The number of hydrogen-bond acceptors (Lipinski definition) is 0. The first-order valence-corrected chi connectivity index (χ1v) is 19.7. The summed E-state index contributed by atoms with van der Waals surface area (Å²) >= 11 is 0. The molecule has 57 heavy (non-hydrogen) atoms. The van der Waals surface area contributed by atoms with Crippen molar-refractivity contribution >= 4 is 43.6 Å². The van der Waals surface area contributed by atoms with Crippen molar-refractivity contribution < 1.29 is 0 Å². The maximum Gasteiger partial charge on any atom is 0.0701 e. The van der Waals surface area contributed by atoms with Crippen LogP contribution in [0, 0.1) is 0 Å². The molecule has 2 nitrogen and oxygen atoms in total. The van der Waals surface area contributed by atoms with Gasteiger partial charge in [-0.1, -0.05) is 176 Å². The quantitative estimate of drug-likeness (QED) is 0.145. The van der Waals surface area contributed by atoms with Gasteiger partial charge in [0, 0.05) is 32.9 Å². The smallest absolute Gasteiger partial charge is 0.0701 e. The maximum absolute atomic E-state index is 2.42. The molecule has 9 aromatic carbocycles. The van der Waals surface area contributed by atoms with E-state index in [0.29, 0.717) is 0 Å². The lowest BCUT2D eigenvalue weighted by molar-refractivity contribution is 0.745. The molecule has 0 N–H and O–H groups in total. The van der Waals surface area contributed by atoms with Crippen LogP contribution in [0.4, 0.5) is 0 Å². The van der Waals surface area contributed by atoms with Gasteiger partial charge in [-0.3, -0.25) is 0 Å². The van der Waals surface area contributed by atoms with E-state index in [1.165, 1.54) is 77.0 Å². The van der Waals surface area contributed by atoms with Crippen LogP contribution >= 0.6 is 0 Å². The van der Waals surface area contributed by atoms with Gasteiger partial charge in [-0.15, -0.1) is 0 Å². The number of para-hydroxylation sites is 3. The predicted octanol–water partition coefficient (Wildman–Crippen LogP) is 13.9. The van der Waals surface area contributed by atoms with Crippen LogP contribution in [0.15, 0.2) is 231 Å². The Balaban J connectivity index is 1.02. The molecule has 11 rings (SSSR count). The minimum atomic E-state index is -0.491. The van der Waals surface area contributed by atoms with Gasteiger partial charge in [0.25, 0.3) is 0 Å². The Morgan fingerprint density at radius 3 is 1.04 bits per heavy atom. The van der Waals surface area contributed by atoms with E-state index in [4.69, 9.17) is 0 Å². The highest BCUT2D eigenvalue weighted by Gasteiger charge is 2.38. The number of hydrogen-bond donors (Lipinski definition) is 0. The molecule has 0 bridgehead atoms. The fourth-order valence-corrected chi connectivity index (χ4v) is 9.36. The number of nitrogens with zero attached hydrogens (tertiary/aromatic N) is 2. The Morgan fingerprint density at radius 2 is 0.579 bits per heavy atom. The van der Waals surface area contributed by atoms with Gasteiger partial charge in [0.15, 0.2) is 0 Å². The van der Waals surface area contributed by atoms with Crippen LogP contribution in [0.3, 0.4) is 0 Å². The second kappa shape index (κ2) is 13.4. The summed E-state index contributed by atoms with van der Waals surface area (Å²) in [6.45, 7) is 0. The Morgan fingerprint density at radius 1 is 0.246 bits per heavy atom. The highest BCUT2D eigenvalue weighted by molar-refractivity contribution is 6.11. The minimum Gasteiger partial charge on any atom is -0.309 e. The number of benzene rings is 9. The van der Waals surface area contributed by atoms with Crippen molar-refractivity contribution in [3.8, 4) is 22.5 Å².